The summed E-state index contributed by atoms with van der Waals surface area (Å²) in [6.07, 6.45) is 0.694. The zero-order chi connectivity index (χ0) is 10.8. The van der Waals surface area contributed by atoms with Crippen molar-refractivity contribution in [1.82, 2.24) is 4.98 Å². The Morgan fingerprint density at radius 3 is 2.60 bits per heavy atom. The monoisotopic (exact) mass is 285 g/mol. The van der Waals surface area contributed by atoms with Crippen LogP contribution in [0.4, 0.5) is 4.39 Å². The first-order valence-corrected chi connectivity index (χ1v) is 5.69. The highest BCUT2D eigenvalue weighted by Crippen LogP contribution is 2.32. The summed E-state index contributed by atoms with van der Waals surface area (Å²) in [7, 11) is 0. The number of benzene rings is 1. The third kappa shape index (κ3) is 2.13. The molecule has 2 nitrogen and oxygen atoms in total. The largest absolute Gasteiger partial charge is 0.296 e. The summed E-state index contributed by atoms with van der Waals surface area (Å²) in [5, 5.41) is 0. The maximum Gasteiger partial charge on any atom is 0.169 e. The first-order chi connectivity index (χ1) is 7.20. The van der Waals surface area contributed by atoms with Gasteiger partial charge < -0.3 is 0 Å². The molecule has 2 aromatic rings. The number of aldehydes is 1. The lowest BCUT2D eigenvalue weighted by Crippen LogP contribution is -1.83. The number of hydrogen-bond donors (Lipinski definition) is 0. The summed E-state index contributed by atoms with van der Waals surface area (Å²) in [6.45, 7) is 0. The molecule has 0 saturated carbocycles. The third-order valence-electron chi connectivity index (χ3n) is 1.85. The van der Waals surface area contributed by atoms with Gasteiger partial charge in [-0.05, 0) is 33.6 Å². The van der Waals surface area contributed by atoms with Crippen LogP contribution in [0.15, 0.2) is 28.2 Å². The van der Waals surface area contributed by atoms with E-state index in [9.17, 15) is 9.18 Å². The molecule has 0 N–H and O–H groups in total. The number of hydrogen-bond acceptors (Lipinski definition) is 3. The molecule has 0 spiro atoms. The Balaban J connectivity index is 2.52. The lowest BCUT2D eigenvalue weighted by atomic mass is 10.1. The van der Waals surface area contributed by atoms with Gasteiger partial charge in [-0.3, -0.25) is 4.79 Å². The van der Waals surface area contributed by atoms with E-state index in [0.29, 0.717) is 15.9 Å². The van der Waals surface area contributed by atoms with Gasteiger partial charge in [-0.15, -0.1) is 11.3 Å². The quantitative estimate of drug-likeness (QED) is 0.790. The van der Waals surface area contributed by atoms with Crippen molar-refractivity contribution in [1.29, 1.82) is 0 Å². The Morgan fingerprint density at radius 2 is 2.00 bits per heavy atom. The molecule has 0 radical (unpaired) electrons. The maximum atomic E-state index is 12.7. The molecule has 0 saturated heterocycles. The van der Waals surface area contributed by atoms with Gasteiger partial charge in [-0.2, -0.15) is 0 Å². The number of halogens is 2. The molecule has 0 aliphatic rings. The molecule has 0 aliphatic carbocycles. The highest BCUT2D eigenvalue weighted by Gasteiger charge is 2.10. The molecule has 0 fully saturated rings. The number of nitrogens with zero attached hydrogens (tertiary/aromatic N) is 1. The highest BCUT2D eigenvalue weighted by atomic mass is 79.9. The molecule has 0 atom stereocenters. The van der Waals surface area contributed by atoms with Crippen LogP contribution in [-0.4, -0.2) is 11.3 Å². The van der Waals surface area contributed by atoms with E-state index < -0.39 is 0 Å². The zero-order valence-electron chi connectivity index (χ0n) is 7.41. The number of aromatic nitrogens is 1. The molecule has 15 heavy (non-hydrogen) atoms. The summed E-state index contributed by atoms with van der Waals surface area (Å²) in [5.41, 5.74) is 1.17. The normalized spacial score (nSPS) is 10.3. The minimum absolute atomic E-state index is 0.296. The van der Waals surface area contributed by atoms with Gasteiger partial charge >= 0.3 is 0 Å². The number of carbonyl (C=O) groups is 1. The molecule has 0 unspecified atom stereocenters. The maximum absolute atomic E-state index is 12.7. The van der Waals surface area contributed by atoms with Crippen LogP contribution in [-0.2, 0) is 0 Å². The van der Waals surface area contributed by atoms with E-state index in [1.807, 2.05) is 0 Å². The van der Waals surface area contributed by atoms with Gasteiger partial charge in [-0.25, -0.2) is 9.37 Å². The lowest BCUT2D eigenvalue weighted by Gasteiger charge is -1.96. The van der Waals surface area contributed by atoms with E-state index in [0.717, 1.165) is 10.4 Å². The van der Waals surface area contributed by atoms with Crippen molar-refractivity contribution >= 4 is 33.6 Å². The lowest BCUT2D eigenvalue weighted by molar-refractivity contribution is 0.112. The van der Waals surface area contributed by atoms with Crippen molar-refractivity contribution in [3.63, 3.8) is 0 Å². The van der Waals surface area contributed by atoms with Gasteiger partial charge in [0.25, 0.3) is 0 Å². The van der Waals surface area contributed by atoms with Gasteiger partial charge in [0.05, 0.1) is 4.88 Å². The Bertz CT molecular complexity index is 495. The van der Waals surface area contributed by atoms with E-state index >= 15 is 0 Å². The molecular weight excluding hydrogens is 281 g/mol. The molecule has 0 aliphatic heterocycles. The van der Waals surface area contributed by atoms with Crippen molar-refractivity contribution < 1.29 is 9.18 Å². The third-order valence-corrected chi connectivity index (χ3v) is 3.42. The predicted molar refractivity (Wildman–Crippen MR) is 60.6 cm³/mol. The molecule has 0 bridgehead atoms. The van der Waals surface area contributed by atoms with Crippen molar-refractivity contribution in [2.24, 2.45) is 0 Å². The Morgan fingerprint density at radius 1 is 1.33 bits per heavy atom. The van der Waals surface area contributed by atoms with Gasteiger partial charge in [0.2, 0.25) is 0 Å². The van der Waals surface area contributed by atoms with Gasteiger partial charge in [-0.1, -0.05) is 12.1 Å². The molecule has 2 rings (SSSR count). The molecule has 1 aromatic carbocycles. The van der Waals surface area contributed by atoms with Crippen LogP contribution in [0.2, 0.25) is 0 Å². The van der Waals surface area contributed by atoms with E-state index in [1.54, 1.807) is 12.1 Å². The topological polar surface area (TPSA) is 30.0 Å². The SMILES string of the molecule is O=Cc1nc(Br)sc1-c1ccc(F)cc1. The van der Waals surface area contributed by atoms with Crippen molar-refractivity contribution in [2.75, 3.05) is 0 Å². The first-order valence-electron chi connectivity index (χ1n) is 4.08. The zero-order valence-corrected chi connectivity index (χ0v) is 9.81. The summed E-state index contributed by atoms with van der Waals surface area (Å²) in [5.74, 6) is -0.296. The second-order valence-electron chi connectivity index (χ2n) is 2.81. The minimum atomic E-state index is -0.296. The fraction of sp³-hybridized carbons (Fsp3) is 0. The Kier molecular flexibility index (Phi) is 2.93. The molecule has 76 valence electrons. The Hall–Kier alpha value is -1.07. The average molecular weight is 286 g/mol. The molecule has 1 heterocycles. The van der Waals surface area contributed by atoms with Gasteiger partial charge in [0.1, 0.15) is 11.5 Å². The second kappa shape index (κ2) is 4.20. The van der Waals surface area contributed by atoms with E-state index in [1.165, 1.54) is 23.5 Å². The fourth-order valence-corrected chi connectivity index (χ4v) is 2.63. The molecular formula is C10H5BrFNOS. The van der Waals surface area contributed by atoms with Crippen molar-refractivity contribution in [3.8, 4) is 10.4 Å². The van der Waals surface area contributed by atoms with Gasteiger partial charge in [0, 0.05) is 0 Å². The summed E-state index contributed by atoms with van der Waals surface area (Å²) >= 11 is 4.56. The van der Waals surface area contributed by atoms with Crippen LogP contribution < -0.4 is 0 Å². The smallest absolute Gasteiger partial charge is 0.169 e. The number of rotatable bonds is 2. The summed E-state index contributed by atoms with van der Waals surface area (Å²) < 4.78 is 13.3. The van der Waals surface area contributed by atoms with Crippen LogP contribution in [0.3, 0.4) is 0 Å². The molecule has 5 heteroatoms. The Labute approximate surface area is 97.9 Å². The number of thiazole rings is 1. The van der Waals surface area contributed by atoms with Crippen LogP contribution >= 0.6 is 27.3 Å². The number of carbonyl (C=O) groups excluding carboxylic acids is 1. The van der Waals surface area contributed by atoms with Crippen LogP contribution in [0.25, 0.3) is 10.4 Å². The summed E-state index contributed by atoms with van der Waals surface area (Å²) in [6, 6.07) is 5.97. The first kappa shape index (κ1) is 10.4. The minimum Gasteiger partial charge on any atom is -0.296 e. The van der Waals surface area contributed by atoms with Crippen molar-refractivity contribution in [2.45, 2.75) is 0 Å². The van der Waals surface area contributed by atoms with Crippen LogP contribution in [0.5, 0.6) is 0 Å². The van der Waals surface area contributed by atoms with E-state index in [-0.39, 0.29) is 5.82 Å². The average Bonchev–Trinajstić information content (AvgIpc) is 2.61. The molecule has 1 aromatic heterocycles. The highest BCUT2D eigenvalue weighted by molar-refractivity contribution is 9.11. The standard InChI is InChI=1S/C10H5BrFNOS/c11-10-13-8(5-14)9(15-10)6-1-3-7(12)4-2-6/h1-5H. The van der Waals surface area contributed by atoms with Crippen LogP contribution in [0, 0.1) is 5.82 Å². The van der Waals surface area contributed by atoms with Gasteiger partial charge in [0.15, 0.2) is 10.2 Å². The fourth-order valence-electron chi connectivity index (χ4n) is 1.19. The summed E-state index contributed by atoms with van der Waals surface area (Å²) in [4.78, 5) is 15.5. The predicted octanol–water partition coefficient (Wildman–Crippen LogP) is 3.52. The van der Waals surface area contributed by atoms with E-state index in [4.69, 9.17) is 0 Å². The molecule has 0 amide bonds. The van der Waals surface area contributed by atoms with Crippen LogP contribution in [0.1, 0.15) is 10.5 Å². The second-order valence-corrected chi connectivity index (χ2v) is 5.08. The van der Waals surface area contributed by atoms with Crippen molar-refractivity contribution in [3.05, 3.63) is 39.7 Å². The van der Waals surface area contributed by atoms with E-state index in [2.05, 4.69) is 20.9 Å².